The molecule has 32 heavy (non-hydrogen) atoms. The lowest BCUT2D eigenvalue weighted by Gasteiger charge is -2.45. The summed E-state index contributed by atoms with van der Waals surface area (Å²) in [7, 11) is 0. The van der Waals surface area contributed by atoms with Crippen molar-refractivity contribution in [1.29, 1.82) is 0 Å². The van der Waals surface area contributed by atoms with Crippen LogP contribution in [0.2, 0.25) is 0 Å². The fourth-order valence-electron chi connectivity index (χ4n) is 4.02. The first-order valence-corrected chi connectivity index (χ1v) is 11.3. The van der Waals surface area contributed by atoms with Crippen molar-refractivity contribution in [3.8, 4) is 0 Å². The summed E-state index contributed by atoms with van der Waals surface area (Å²) < 4.78 is 7.85. The molecule has 1 saturated heterocycles. The highest BCUT2D eigenvalue weighted by Crippen LogP contribution is 2.20. The van der Waals surface area contributed by atoms with Gasteiger partial charge in [0.05, 0.1) is 25.3 Å². The summed E-state index contributed by atoms with van der Waals surface area (Å²) >= 11 is 0. The van der Waals surface area contributed by atoms with E-state index in [1.807, 2.05) is 23.1 Å². The second-order valence-electron chi connectivity index (χ2n) is 9.00. The van der Waals surface area contributed by atoms with Crippen LogP contribution in [-0.4, -0.2) is 64.6 Å². The van der Waals surface area contributed by atoms with Gasteiger partial charge >= 0.3 is 0 Å². The van der Waals surface area contributed by atoms with E-state index in [-0.39, 0.29) is 41.7 Å². The maximum atomic E-state index is 5.91. The standard InChI is InChI=1S/C24H38N6O.HI/c1-6-25-23(27-18-24(4,5)29-15-19(2)31-20(3)16-29)26-14-21-10-7-8-11-22(21)17-30-13-9-12-28-30;/h7-13,19-20H,6,14-18H2,1-5H3,(H2,25,26,27);1H. The molecule has 2 aromatic rings. The molecule has 2 N–H and O–H groups in total. The van der Waals surface area contributed by atoms with Gasteiger partial charge in [-0.1, -0.05) is 24.3 Å². The first-order chi connectivity index (χ1) is 14.9. The van der Waals surface area contributed by atoms with E-state index in [1.54, 1.807) is 0 Å². The predicted octanol–water partition coefficient (Wildman–Crippen LogP) is 3.49. The number of hydrogen-bond donors (Lipinski definition) is 2. The van der Waals surface area contributed by atoms with Gasteiger partial charge in [0.25, 0.3) is 0 Å². The normalized spacial score (nSPS) is 20.0. The molecule has 1 aliphatic heterocycles. The van der Waals surface area contributed by atoms with Gasteiger partial charge in [-0.2, -0.15) is 5.10 Å². The number of benzene rings is 1. The van der Waals surface area contributed by atoms with Crippen molar-refractivity contribution >= 4 is 29.9 Å². The first-order valence-electron chi connectivity index (χ1n) is 11.3. The number of morpholine rings is 1. The molecule has 1 aliphatic rings. The number of nitrogens with zero attached hydrogens (tertiary/aromatic N) is 4. The van der Waals surface area contributed by atoms with E-state index >= 15 is 0 Å². The molecule has 0 amide bonds. The van der Waals surface area contributed by atoms with E-state index in [4.69, 9.17) is 9.73 Å². The summed E-state index contributed by atoms with van der Waals surface area (Å²) in [6.07, 6.45) is 4.32. The molecule has 8 heteroatoms. The summed E-state index contributed by atoms with van der Waals surface area (Å²) in [5, 5.41) is 11.3. The third-order valence-corrected chi connectivity index (χ3v) is 5.73. The van der Waals surface area contributed by atoms with E-state index in [0.29, 0.717) is 6.54 Å². The molecule has 0 aliphatic carbocycles. The fourth-order valence-corrected chi connectivity index (χ4v) is 4.02. The van der Waals surface area contributed by atoms with Crippen LogP contribution in [0.1, 0.15) is 45.7 Å². The highest BCUT2D eigenvalue weighted by atomic mass is 127. The van der Waals surface area contributed by atoms with Crippen LogP contribution < -0.4 is 10.6 Å². The average molecular weight is 555 g/mol. The number of aliphatic imine (C=N–C) groups is 1. The highest BCUT2D eigenvalue weighted by Gasteiger charge is 2.33. The smallest absolute Gasteiger partial charge is 0.191 e. The van der Waals surface area contributed by atoms with Crippen LogP contribution in [0.4, 0.5) is 0 Å². The lowest BCUT2D eigenvalue weighted by Crippen LogP contribution is -2.59. The summed E-state index contributed by atoms with van der Waals surface area (Å²) in [6.45, 7) is 15.9. The van der Waals surface area contributed by atoms with Crippen LogP contribution >= 0.6 is 24.0 Å². The average Bonchev–Trinajstić information content (AvgIpc) is 3.23. The minimum Gasteiger partial charge on any atom is -0.373 e. The zero-order chi connectivity index (χ0) is 22.3. The molecule has 0 bridgehead atoms. The fraction of sp³-hybridized carbons (Fsp3) is 0.583. The SMILES string of the molecule is CCNC(=NCc1ccccc1Cn1cccn1)NCC(C)(C)N1CC(C)OC(C)C1.I. The maximum absolute atomic E-state index is 5.91. The number of rotatable bonds is 8. The monoisotopic (exact) mass is 554 g/mol. The van der Waals surface area contributed by atoms with E-state index in [0.717, 1.165) is 38.7 Å². The third-order valence-electron chi connectivity index (χ3n) is 5.73. The van der Waals surface area contributed by atoms with Gasteiger partial charge in [0.1, 0.15) is 0 Å². The lowest BCUT2D eigenvalue weighted by atomic mass is 10.00. The molecule has 1 aromatic carbocycles. The Hall–Kier alpha value is -1.65. The molecule has 0 saturated carbocycles. The van der Waals surface area contributed by atoms with Crippen LogP contribution in [0.25, 0.3) is 0 Å². The minimum absolute atomic E-state index is 0. The molecule has 0 radical (unpaired) electrons. The molecule has 1 aromatic heterocycles. The topological polar surface area (TPSA) is 66.7 Å². The quantitative estimate of drug-likeness (QED) is 0.297. The molecule has 2 unspecified atom stereocenters. The maximum Gasteiger partial charge on any atom is 0.191 e. The van der Waals surface area contributed by atoms with Crippen molar-refractivity contribution in [2.45, 2.75) is 65.5 Å². The van der Waals surface area contributed by atoms with E-state index in [1.165, 1.54) is 11.1 Å². The predicted molar refractivity (Wildman–Crippen MR) is 142 cm³/mol. The number of guanidine groups is 1. The molecule has 3 rings (SSSR count). The Labute approximate surface area is 210 Å². The molecule has 2 heterocycles. The third kappa shape index (κ3) is 7.74. The Balaban J connectivity index is 0.00000363. The summed E-state index contributed by atoms with van der Waals surface area (Å²) in [5.74, 6) is 0.846. The number of ether oxygens (including phenoxy) is 1. The lowest BCUT2D eigenvalue weighted by molar-refractivity contribution is -0.0946. The molecule has 1 fully saturated rings. The van der Waals surface area contributed by atoms with Gasteiger partial charge in [-0.3, -0.25) is 9.58 Å². The summed E-state index contributed by atoms with van der Waals surface area (Å²) in [6, 6.07) is 10.4. The minimum atomic E-state index is 0. The Bertz CT molecular complexity index is 829. The number of nitrogens with one attached hydrogen (secondary N) is 2. The molecule has 0 spiro atoms. The Morgan fingerprint density at radius 1 is 1.12 bits per heavy atom. The van der Waals surface area contributed by atoms with Gasteiger partial charge in [0, 0.05) is 44.1 Å². The van der Waals surface area contributed by atoms with Gasteiger partial charge in [-0.15, -0.1) is 24.0 Å². The Morgan fingerprint density at radius 2 is 1.81 bits per heavy atom. The molecule has 178 valence electrons. The second-order valence-corrected chi connectivity index (χ2v) is 9.00. The molecule has 7 nitrogen and oxygen atoms in total. The van der Waals surface area contributed by atoms with E-state index in [2.05, 4.69) is 79.5 Å². The van der Waals surface area contributed by atoms with Crippen molar-refractivity contribution in [2.24, 2.45) is 4.99 Å². The van der Waals surface area contributed by atoms with Gasteiger partial charge < -0.3 is 15.4 Å². The first kappa shape index (κ1) is 26.6. The molecular formula is C24H39IN6O. The van der Waals surface area contributed by atoms with E-state index < -0.39 is 0 Å². The van der Waals surface area contributed by atoms with Gasteiger partial charge in [-0.25, -0.2) is 4.99 Å². The highest BCUT2D eigenvalue weighted by molar-refractivity contribution is 14.0. The second kappa shape index (κ2) is 12.6. The molecular weight excluding hydrogens is 515 g/mol. The van der Waals surface area contributed by atoms with Crippen molar-refractivity contribution in [2.75, 3.05) is 26.2 Å². The summed E-state index contributed by atoms with van der Waals surface area (Å²) in [4.78, 5) is 7.39. The van der Waals surface area contributed by atoms with Crippen LogP contribution in [0.3, 0.4) is 0 Å². The van der Waals surface area contributed by atoms with Crippen LogP contribution in [0.5, 0.6) is 0 Å². The van der Waals surface area contributed by atoms with Crippen LogP contribution in [-0.2, 0) is 17.8 Å². The Morgan fingerprint density at radius 3 is 2.44 bits per heavy atom. The largest absolute Gasteiger partial charge is 0.373 e. The van der Waals surface area contributed by atoms with Gasteiger partial charge in [0.15, 0.2) is 5.96 Å². The zero-order valence-electron chi connectivity index (χ0n) is 20.0. The van der Waals surface area contributed by atoms with Crippen molar-refractivity contribution < 1.29 is 4.74 Å². The van der Waals surface area contributed by atoms with E-state index in [9.17, 15) is 0 Å². The number of halogens is 1. The van der Waals surface area contributed by atoms with Crippen molar-refractivity contribution in [1.82, 2.24) is 25.3 Å². The van der Waals surface area contributed by atoms with Crippen molar-refractivity contribution in [3.05, 3.63) is 53.9 Å². The van der Waals surface area contributed by atoms with Gasteiger partial charge in [0.2, 0.25) is 0 Å². The summed E-state index contributed by atoms with van der Waals surface area (Å²) in [5.41, 5.74) is 2.45. The number of hydrogen-bond acceptors (Lipinski definition) is 4. The van der Waals surface area contributed by atoms with Crippen LogP contribution in [0.15, 0.2) is 47.7 Å². The van der Waals surface area contributed by atoms with Gasteiger partial charge in [-0.05, 0) is 51.8 Å². The van der Waals surface area contributed by atoms with Crippen LogP contribution in [0, 0.1) is 0 Å². The number of aromatic nitrogens is 2. The molecule has 2 atom stereocenters. The Kier molecular flexibility index (Phi) is 10.4. The zero-order valence-corrected chi connectivity index (χ0v) is 22.4. The van der Waals surface area contributed by atoms with Crippen molar-refractivity contribution in [3.63, 3.8) is 0 Å².